The Balaban J connectivity index is 2.06. The Bertz CT molecular complexity index is 1100. The molecule has 5 atom stereocenters. The molecule has 0 spiro atoms. The number of carbonyl (C=O) groups is 3. The van der Waals surface area contributed by atoms with Crippen LogP contribution in [0, 0.1) is 0 Å². The Morgan fingerprint density at radius 2 is 1.73 bits per heavy atom. The van der Waals surface area contributed by atoms with Crippen molar-refractivity contribution < 1.29 is 48.3 Å². The number of nitrogens with zero attached hydrogens (tertiary/aromatic N) is 1. The van der Waals surface area contributed by atoms with Gasteiger partial charge in [0.15, 0.2) is 6.10 Å². The van der Waals surface area contributed by atoms with E-state index in [1.54, 1.807) is 12.1 Å². The van der Waals surface area contributed by atoms with E-state index in [0.717, 1.165) is 25.9 Å². The van der Waals surface area contributed by atoms with Crippen LogP contribution < -0.4 is 10.1 Å². The van der Waals surface area contributed by atoms with E-state index in [9.17, 15) is 24.6 Å². The quantitative estimate of drug-likeness (QED) is 0.192. The molecule has 0 aliphatic carbocycles. The minimum atomic E-state index is -1.23. The van der Waals surface area contributed by atoms with Gasteiger partial charge in [-0.15, -0.1) is 0 Å². The lowest BCUT2D eigenvalue weighted by molar-refractivity contribution is -0.195. The van der Waals surface area contributed by atoms with Crippen molar-refractivity contribution in [2.45, 2.75) is 123 Å². The van der Waals surface area contributed by atoms with Gasteiger partial charge in [0.1, 0.15) is 12.4 Å². The van der Waals surface area contributed by atoms with Crippen molar-refractivity contribution in [2.75, 3.05) is 26.3 Å². The molecule has 0 radical (unpaired) electrons. The minimum absolute atomic E-state index is 0.0387. The smallest absolute Gasteiger partial charge is 0.333 e. The first kappa shape index (κ1) is 38.5. The number of carboxylic acids is 1. The van der Waals surface area contributed by atoms with Crippen LogP contribution in [0.25, 0.3) is 0 Å². The molecule has 1 saturated heterocycles. The fourth-order valence-corrected chi connectivity index (χ4v) is 4.90. The normalized spacial score (nSPS) is 20.1. The summed E-state index contributed by atoms with van der Waals surface area (Å²) in [5.74, 6) is -1.99. The molecule has 1 heterocycles. The number of aliphatic carboxylic acids is 1. The number of ether oxygens (including phenoxy) is 5. The minimum Gasteiger partial charge on any atom is -0.479 e. The van der Waals surface area contributed by atoms with Crippen molar-refractivity contribution in [3.63, 3.8) is 0 Å². The van der Waals surface area contributed by atoms with Crippen molar-refractivity contribution in [2.24, 2.45) is 0 Å². The summed E-state index contributed by atoms with van der Waals surface area (Å²) in [6, 6.07) is 5.12. The Kier molecular flexibility index (Phi) is 15.8. The van der Waals surface area contributed by atoms with Gasteiger partial charge in [-0.3, -0.25) is 9.59 Å². The molecule has 12 nitrogen and oxygen atoms in total. The number of aliphatic hydroxyl groups excluding tert-OH is 1. The highest BCUT2D eigenvalue weighted by molar-refractivity contribution is 6.55. The fourth-order valence-electron chi connectivity index (χ4n) is 4.90. The van der Waals surface area contributed by atoms with E-state index in [-0.39, 0.29) is 49.6 Å². The zero-order chi connectivity index (χ0) is 33.7. The van der Waals surface area contributed by atoms with Gasteiger partial charge in [0.25, 0.3) is 5.91 Å². The molecular weight excluding hydrogens is 583 g/mol. The highest BCUT2D eigenvalue weighted by Crippen LogP contribution is 2.28. The second-order valence-electron chi connectivity index (χ2n) is 12.7. The largest absolute Gasteiger partial charge is 0.479 e. The van der Waals surface area contributed by atoms with E-state index in [1.165, 1.54) is 13.9 Å². The van der Waals surface area contributed by atoms with Crippen LogP contribution >= 0.6 is 0 Å². The Labute approximate surface area is 268 Å². The molecule has 254 valence electrons. The van der Waals surface area contributed by atoms with E-state index >= 15 is 0 Å². The van der Waals surface area contributed by atoms with Crippen molar-refractivity contribution in [1.82, 2.24) is 10.2 Å². The first-order valence-electron chi connectivity index (χ1n) is 15.9. The standard InChI is InChI=1S/C32H53BN2O10/c1-8-41-21(4)11-13-35(20(2)3)14-12-22(5)43-19-32(6,7)34-29(37)25-15-23(18-42-31(33)40)9-10-26(25)44-28-17-24(36)16-27(45-28)30(38)39/h9-10,15,20-22,24,27-28,36H,8,11-14,16-19,33H2,1-7H3,(H,34,37)(H,38,39)/t21?,22?,24-,27-,28+/m0/s1. The summed E-state index contributed by atoms with van der Waals surface area (Å²) in [5.41, 5.74) is -0.0561. The van der Waals surface area contributed by atoms with Crippen molar-refractivity contribution in [3.05, 3.63) is 29.3 Å². The Morgan fingerprint density at radius 1 is 1.09 bits per heavy atom. The van der Waals surface area contributed by atoms with Crippen molar-refractivity contribution in [1.29, 1.82) is 0 Å². The van der Waals surface area contributed by atoms with Gasteiger partial charge in [-0.25, -0.2) is 4.79 Å². The molecule has 13 heteroatoms. The Hall–Kier alpha value is -2.71. The highest BCUT2D eigenvalue weighted by atomic mass is 16.7. The number of nitrogens with one attached hydrogen (secondary N) is 1. The van der Waals surface area contributed by atoms with Crippen LogP contribution in [0.5, 0.6) is 5.75 Å². The third kappa shape index (κ3) is 14.1. The molecule has 0 aromatic heterocycles. The molecule has 45 heavy (non-hydrogen) atoms. The second-order valence-corrected chi connectivity index (χ2v) is 12.7. The van der Waals surface area contributed by atoms with Gasteiger partial charge in [-0.1, -0.05) is 6.07 Å². The fraction of sp³-hybridized carbons (Fsp3) is 0.719. The number of carbonyl (C=O) groups excluding carboxylic acids is 2. The van der Waals surface area contributed by atoms with Gasteiger partial charge in [-0.05, 0) is 79.0 Å². The highest BCUT2D eigenvalue weighted by Gasteiger charge is 2.35. The lowest BCUT2D eigenvalue weighted by Gasteiger charge is -2.32. The van der Waals surface area contributed by atoms with Crippen LogP contribution in [-0.2, 0) is 30.3 Å². The van der Waals surface area contributed by atoms with E-state index in [1.807, 2.05) is 27.7 Å². The van der Waals surface area contributed by atoms with Crippen LogP contribution in [0.2, 0.25) is 0 Å². The van der Waals surface area contributed by atoms with Crippen LogP contribution in [0.4, 0.5) is 4.79 Å². The zero-order valence-electron chi connectivity index (χ0n) is 28.2. The first-order valence-corrected chi connectivity index (χ1v) is 15.9. The summed E-state index contributed by atoms with van der Waals surface area (Å²) in [7, 11) is 1.29. The van der Waals surface area contributed by atoms with Crippen LogP contribution in [-0.4, -0.2) is 109 Å². The number of amides is 1. The van der Waals surface area contributed by atoms with E-state index < -0.39 is 41.8 Å². The molecule has 0 bridgehead atoms. The summed E-state index contributed by atoms with van der Waals surface area (Å²) in [6.45, 7) is 16.9. The third-order valence-corrected chi connectivity index (χ3v) is 7.54. The average molecular weight is 637 g/mol. The number of hydrogen-bond acceptors (Lipinski definition) is 10. The van der Waals surface area contributed by atoms with Gasteiger partial charge < -0.3 is 44.1 Å². The number of carboxylic acid groups (broad SMARTS) is 1. The first-order chi connectivity index (χ1) is 21.1. The lowest BCUT2D eigenvalue weighted by atomic mass is 10.0. The second kappa shape index (κ2) is 18.4. The van der Waals surface area contributed by atoms with E-state index in [2.05, 4.69) is 31.0 Å². The van der Waals surface area contributed by atoms with Gasteiger partial charge in [0.2, 0.25) is 20.0 Å². The predicted molar refractivity (Wildman–Crippen MR) is 171 cm³/mol. The predicted octanol–water partition coefficient (Wildman–Crippen LogP) is 3.11. The molecule has 1 aromatic rings. The summed E-state index contributed by atoms with van der Waals surface area (Å²) < 4.78 is 28.4. The maximum atomic E-state index is 13.6. The van der Waals surface area contributed by atoms with Crippen LogP contribution in [0.15, 0.2) is 18.2 Å². The number of aliphatic hydroxyl groups is 1. The molecule has 1 aromatic carbocycles. The lowest BCUT2D eigenvalue weighted by Crippen LogP contribution is -2.48. The van der Waals surface area contributed by atoms with Crippen molar-refractivity contribution >= 4 is 25.6 Å². The van der Waals surface area contributed by atoms with E-state index in [4.69, 9.17) is 23.7 Å². The average Bonchev–Trinajstić information content (AvgIpc) is 2.94. The monoisotopic (exact) mass is 636 g/mol. The maximum Gasteiger partial charge on any atom is 0.333 e. The molecule has 1 aliphatic rings. The summed E-state index contributed by atoms with van der Waals surface area (Å²) in [6.07, 6.45) is -1.31. The number of rotatable bonds is 19. The third-order valence-electron chi connectivity index (χ3n) is 7.54. The van der Waals surface area contributed by atoms with Gasteiger partial charge in [0, 0.05) is 38.6 Å². The van der Waals surface area contributed by atoms with Crippen LogP contribution in [0.1, 0.15) is 90.1 Å². The molecule has 3 N–H and O–H groups in total. The zero-order valence-corrected chi connectivity index (χ0v) is 28.2. The molecule has 2 unspecified atom stereocenters. The topological polar surface area (TPSA) is 153 Å². The van der Waals surface area contributed by atoms with Gasteiger partial charge in [0.05, 0.1) is 36.0 Å². The SMILES string of the molecule is BC(=O)OCc1ccc(O[C@H]2C[C@@H](O)C[C@@H](C(=O)O)O2)c(C(=O)NC(C)(C)COC(C)CCN(CCC(C)OCC)C(C)C)c1. The van der Waals surface area contributed by atoms with Gasteiger partial charge in [-0.2, -0.15) is 0 Å². The summed E-state index contributed by atoms with van der Waals surface area (Å²) >= 11 is 0. The Morgan fingerprint density at radius 3 is 2.31 bits per heavy atom. The molecule has 1 aliphatic heterocycles. The molecular formula is C32H53BN2O10. The molecule has 0 saturated carbocycles. The van der Waals surface area contributed by atoms with E-state index in [0.29, 0.717) is 18.2 Å². The number of hydrogen-bond donors (Lipinski definition) is 3. The molecule has 2 rings (SSSR count). The summed E-state index contributed by atoms with van der Waals surface area (Å²) in [4.78, 5) is 38.9. The number of benzene rings is 1. The molecule has 1 fully saturated rings. The van der Waals surface area contributed by atoms with Crippen molar-refractivity contribution in [3.8, 4) is 5.75 Å². The molecule has 1 amide bonds. The summed E-state index contributed by atoms with van der Waals surface area (Å²) in [5, 5.41) is 22.5. The maximum absolute atomic E-state index is 13.6. The van der Waals surface area contributed by atoms with Crippen LogP contribution in [0.3, 0.4) is 0 Å². The van der Waals surface area contributed by atoms with Gasteiger partial charge >= 0.3 is 5.97 Å².